The molecule has 0 saturated carbocycles. The van der Waals surface area contributed by atoms with Crippen molar-refractivity contribution in [1.29, 1.82) is 0 Å². The van der Waals surface area contributed by atoms with E-state index < -0.39 is 77.3 Å². The summed E-state index contributed by atoms with van der Waals surface area (Å²) in [5, 5.41) is 20.5. The second kappa shape index (κ2) is 16.0. The summed E-state index contributed by atoms with van der Waals surface area (Å²) in [5.74, 6) is -2.83. The first kappa shape index (κ1) is 38.6. The topological polar surface area (TPSA) is 163 Å². The van der Waals surface area contributed by atoms with Crippen LogP contribution in [0.25, 0.3) is 0 Å². The summed E-state index contributed by atoms with van der Waals surface area (Å²) in [6.07, 6.45) is -0.273. The summed E-state index contributed by atoms with van der Waals surface area (Å²) in [7, 11) is 0. The quantitative estimate of drug-likeness (QED) is 0.225. The van der Waals surface area contributed by atoms with Gasteiger partial charge in [-0.3, -0.25) is 19.2 Å². The van der Waals surface area contributed by atoms with Gasteiger partial charge < -0.3 is 31.1 Å². The lowest BCUT2D eigenvalue weighted by atomic mass is 9.86. The van der Waals surface area contributed by atoms with E-state index >= 15 is 0 Å². The molecule has 0 saturated heterocycles. The van der Waals surface area contributed by atoms with Gasteiger partial charge in [0.25, 0.3) is 0 Å². The summed E-state index contributed by atoms with van der Waals surface area (Å²) in [6, 6.07) is 4.55. The molecule has 0 unspecified atom stereocenters. The van der Waals surface area contributed by atoms with Crippen LogP contribution in [0.1, 0.15) is 101 Å². The van der Waals surface area contributed by atoms with Gasteiger partial charge in [0.15, 0.2) is 5.78 Å². The average Bonchev–Trinajstić information content (AvgIpc) is 2.86. The van der Waals surface area contributed by atoms with Crippen molar-refractivity contribution < 1.29 is 33.8 Å². The number of alkyl carbamates (subject to hydrolysis) is 1. The van der Waals surface area contributed by atoms with E-state index in [1.807, 2.05) is 41.5 Å². The molecule has 5 N–H and O–H groups in total. The minimum atomic E-state index is -1.18. The minimum Gasteiger partial charge on any atom is -0.444 e. The zero-order valence-electron chi connectivity index (χ0n) is 28.3. The van der Waals surface area contributed by atoms with Gasteiger partial charge in [0, 0.05) is 0 Å². The number of nitrogens with one attached hydrogen (secondary N) is 4. The largest absolute Gasteiger partial charge is 0.444 e. The number of hydrogen-bond donors (Lipinski definition) is 5. The van der Waals surface area contributed by atoms with E-state index in [2.05, 4.69) is 21.3 Å². The van der Waals surface area contributed by atoms with Crippen LogP contribution in [0.2, 0.25) is 0 Å². The monoisotopic (exact) mass is 618 g/mol. The number of carbonyl (C=O) groups is 5. The Kier molecular flexibility index (Phi) is 14.0. The van der Waals surface area contributed by atoms with Gasteiger partial charge in [0.2, 0.25) is 17.7 Å². The van der Waals surface area contributed by atoms with Crippen molar-refractivity contribution >= 4 is 29.6 Å². The molecule has 11 nitrogen and oxygen atoms in total. The molecule has 0 aliphatic rings. The van der Waals surface area contributed by atoms with Crippen molar-refractivity contribution in [3.05, 3.63) is 35.9 Å². The first-order valence-corrected chi connectivity index (χ1v) is 15.1. The lowest BCUT2D eigenvalue weighted by Crippen LogP contribution is -2.59. The fourth-order valence-corrected chi connectivity index (χ4v) is 4.44. The van der Waals surface area contributed by atoms with E-state index in [-0.39, 0.29) is 18.3 Å². The molecular weight excluding hydrogens is 564 g/mol. The summed E-state index contributed by atoms with van der Waals surface area (Å²) in [4.78, 5) is 65.9. The van der Waals surface area contributed by atoms with Crippen LogP contribution >= 0.6 is 0 Å². The van der Waals surface area contributed by atoms with E-state index in [9.17, 15) is 29.1 Å². The third kappa shape index (κ3) is 14.3. The number of aliphatic hydroxyl groups is 1. The summed E-state index contributed by atoms with van der Waals surface area (Å²) >= 11 is 0. The molecule has 4 amide bonds. The van der Waals surface area contributed by atoms with Gasteiger partial charge in [-0.15, -0.1) is 0 Å². The van der Waals surface area contributed by atoms with Gasteiger partial charge in [-0.25, -0.2) is 4.79 Å². The molecule has 0 aliphatic heterocycles. The van der Waals surface area contributed by atoms with Crippen LogP contribution in [0.15, 0.2) is 30.3 Å². The standard InChI is InChI=1S/C33H54N4O7/c1-20(19-38)27(40)37-26(22-15-13-12-14-16-22)25(21(2)39)36-29(42)23(17-31(3,4)5)34-28(41)24(18-32(6,7)8)35-30(43)44-33(9,10)11/h12-16,20,23-26,38H,17-19H2,1-11H3,(H,34,41)(H,35,43)(H,36,42)(H,37,40)/t20-,23-,24+,25+,26+/m0/s1. The predicted octanol–water partition coefficient (Wildman–Crippen LogP) is 3.80. The third-order valence-corrected chi connectivity index (χ3v) is 6.52. The number of rotatable bonds is 13. The maximum atomic E-state index is 13.9. The number of carbonyl (C=O) groups excluding carboxylic acids is 5. The maximum Gasteiger partial charge on any atom is 0.408 e. The second-order valence-corrected chi connectivity index (χ2v) is 14.9. The number of ketones is 1. The molecule has 0 bridgehead atoms. The van der Waals surface area contributed by atoms with Crippen molar-refractivity contribution in [1.82, 2.24) is 21.3 Å². The van der Waals surface area contributed by atoms with Crippen molar-refractivity contribution in [2.24, 2.45) is 16.7 Å². The number of Topliss-reactive ketones (excluding diaryl/α,β-unsaturated/α-hetero) is 1. The van der Waals surface area contributed by atoms with Gasteiger partial charge in [0.1, 0.15) is 23.7 Å². The number of amides is 4. The molecule has 0 radical (unpaired) electrons. The van der Waals surface area contributed by atoms with E-state index in [0.717, 1.165) is 0 Å². The van der Waals surface area contributed by atoms with Crippen LogP contribution in [0.4, 0.5) is 4.79 Å². The number of aliphatic hydroxyl groups excluding tert-OH is 1. The normalized spacial score (nSPS) is 15.5. The SMILES string of the molecule is CC(=O)[C@@H](NC(=O)[C@H](CC(C)(C)C)NC(=O)[C@@H](CC(C)(C)C)NC(=O)OC(C)(C)C)[C@H](NC(=O)[C@@H](C)CO)c1ccccc1. The Morgan fingerprint density at radius 1 is 0.727 bits per heavy atom. The summed E-state index contributed by atoms with van der Waals surface area (Å²) < 4.78 is 5.37. The Balaban J connectivity index is 3.40. The molecule has 0 aromatic heterocycles. The highest BCUT2D eigenvalue weighted by molar-refractivity contribution is 5.94. The smallest absolute Gasteiger partial charge is 0.408 e. The third-order valence-electron chi connectivity index (χ3n) is 6.52. The highest BCUT2D eigenvalue weighted by Crippen LogP contribution is 2.25. The first-order chi connectivity index (χ1) is 20.0. The van der Waals surface area contributed by atoms with Crippen molar-refractivity contribution in [3.8, 4) is 0 Å². The van der Waals surface area contributed by atoms with Gasteiger partial charge in [0.05, 0.1) is 18.6 Å². The van der Waals surface area contributed by atoms with Crippen LogP contribution in [0.3, 0.4) is 0 Å². The van der Waals surface area contributed by atoms with Crippen molar-refractivity contribution in [2.75, 3.05) is 6.61 Å². The van der Waals surface area contributed by atoms with Gasteiger partial charge in [-0.1, -0.05) is 78.8 Å². The molecule has 1 aromatic carbocycles. The number of hydrogen-bond acceptors (Lipinski definition) is 7. The highest BCUT2D eigenvalue weighted by Gasteiger charge is 2.36. The maximum absolute atomic E-state index is 13.9. The van der Waals surface area contributed by atoms with Gasteiger partial charge in [-0.2, -0.15) is 0 Å². The molecule has 1 aromatic rings. The zero-order valence-corrected chi connectivity index (χ0v) is 28.3. The molecule has 248 valence electrons. The number of ether oxygens (including phenoxy) is 1. The van der Waals surface area contributed by atoms with E-state index in [1.54, 1.807) is 58.0 Å². The van der Waals surface area contributed by atoms with Crippen molar-refractivity contribution in [2.45, 2.75) is 119 Å². The minimum absolute atomic E-state index is 0.216. The zero-order chi connectivity index (χ0) is 34.0. The molecule has 0 heterocycles. The van der Waals surface area contributed by atoms with Gasteiger partial charge >= 0.3 is 6.09 Å². The molecule has 1 rings (SSSR count). The fraction of sp³-hybridized carbons (Fsp3) is 0.667. The Hall–Kier alpha value is -3.47. The Labute approximate surface area is 262 Å². The van der Waals surface area contributed by atoms with Crippen LogP contribution in [-0.4, -0.2) is 65.0 Å². The Bertz CT molecular complexity index is 1130. The lowest BCUT2D eigenvalue weighted by molar-refractivity contribution is -0.133. The molecule has 0 spiro atoms. The lowest BCUT2D eigenvalue weighted by Gasteiger charge is -2.33. The van der Waals surface area contributed by atoms with Gasteiger partial charge in [-0.05, 0) is 56.9 Å². The molecule has 0 aliphatic carbocycles. The molecule has 44 heavy (non-hydrogen) atoms. The van der Waals surface area contributed by atoms with Crippen LogP contribution in [0, 0.1) is 16.7 Å². The number of benzene rings is 1. The fourth-order valence-electron chi connectivity index (χ4n) is 4.44. The van der Waals surface area contributed by atoms with Crippen molar-refractivity contribution in [3.63, 3.8) is 0 Å². The summed E-state index contributed by atoms with van der Waals surface area (Å²) in [5.41, 5.74) is -0.966. The van der Waals surface area contributed by atoms with Crippen LogP contribution < -0.4 is 21.3 Å². The highest BCUT2D eigenvalue weighted by atomic mass is 16.6. The van der Waals surface area contributed by atoms with Crippen LogP contribution in [0.5, 0.6) is 0 Å². The predicted molar refractivity (Wildman–Crippen MR) is 169 cm³/mol. The Morgan fingerprint density at radius 3 is 1.64 bits per heavy atom. The molecule has 0 fully saturated rings. The van der Waals surface area contributed by atoms with Crippen LogP contribution in [-0.2, 0) is 23.9 Å². The van der Waals surface area contributed by atoms with E-state index in [4.69, 9.17) is 4.74 Å². The molecular formula is C33H54N4O7. The Morgan fingerprint density at radius 2 is 1.20 bits per heavy atom. The summed E-state index contributed by atoms with van der Waals surface area (Å²) in [6.45, 7) is 19.1. The van der Waals surface area contributed by atoms with E-state index in [1.165, 1.54) is 6.92 Å². The first-order valence-electron chi connectivity index (χ1n) is 15.1. The average molecular weight is 619 g/mol. The molecule has 11 heteroatoms. The van der Waals surface area contributed by atoms with E-state index in [0.29, 0.717) is 5.56 Å². The molecule has 5 atom stereocenters. The second-order valence-electron chi connectivity index (χ2n) is 14.9.